The summed E-state index contributed by atoms with van der Waals surface area (Å²) in [6.07, 6.45) is 8.26. The van der Waals surface area contributed by atoms with Crippen LogP contribution >= 0.6 is 11.3 Å². The Bertz CT molecular complexity index is 2420. The number of ketones is 2. The predicted molar refractivity (Wildman–Crippen MR) is 236 cm³/mol. The van der Waals surface area contributed by atoms with Crippen molar-refractivity contribution in [2.75, 3.05) is 14.2 Å². The maximum absolute atomic E-state index is 14.3. The fourth-order valence-corrected chi connectivity index (χ4v) is 8.53. The minimum atomic E-state index is -0.366. The molecule has 57 heavy (non-hydrogen) atoms. The molecule has 0 radical (unpaired) electrons. The molecule has 0 atom stereocenters. The van der Waals surface area contributed by atoms with Crippen molar-refractivity contribution in [3.63, 3.8) is 0 Å². The molecule has 7 rings (SSSR count). The van der Waals surface area contributed by atoms with Crippen LogP contribution in [0.3, 0.4) is 0 Å². The molecule has 1 aromatic heterocycles. The van der Waals surface area contributed by atoms with Gasteiger partial charge in [-0.05, 0) is 105 Å². The summed E-state index contributed by atoms with van der Waals surface area (Å²) in [5, 5.41) is 0. The highest BCUT2D eigenvalue weighted by molar-refractivity contribution is 7.14. The van der Waals surface area contributed by atoms with Crippen molar-refractivity contribution in [2.24, 2.45) is 10.8 Å². The third-order valence-electron chi connectivity index (χ3n) is 10.4. The van der Waals surface area contributed by atoms with E-state index in [4.69, 9.17) is 9.47 Å². The molecular formula is C52H48O4S. The van der Waals surface area contributed by atoms with Gasteiger partial charge in [-0.25, -0.2) is 0 Å². The van der Waals surface area contributed by atoms with Gasteiger partial charge >= 0.3 is 0 Å². The molecule has 4 aromatic carbocycles. The summed E-state index contributed by atoms with van der Waals surface area (Å²) in [4.78, 5) is 30.5. The summed E-state index contributed by atoms with van der Waals surface area (Å²) in [5.41, 5.74) is 9.81. The van der Waals surface area contributed by atoms with E-state index in [2.05, 4.69) is 90.1 Å². The van der Waals surface area contributed by atoms with E-state index < -0.39 is 0 Å². The Morgan fingerprint density at radius 3 is 1.18 bits per heavy atom. The normalized spacial score (nSPS) is 14.7. The Morgan fingerprint density at radius 2 is 0.825 bits per heavy atom. The maximum Gasteiger partial charge on any atom is 0.194 e. The molecule has 0 fully saturated rings. The minimum absolute atomic E-state index is 0.0154. The first-order valence-electron chi connectivity index (χ1n) is 19.2. The van der Waals surface area contributed by atoms with Gasteiger partial charge in [0.05, 0.1) is 14.2 Å². The fraction of sp³-hybridized carbons (Fsp3) is 0.192. The summed E-state index contributed by atoms with van der Waals surface area (Å²) in [6, 6.07) is 40.4. The standard InChI is InChI=1S/C52H48O4S/c1-51(2,3)43-31-38(32-44(50(43)54)52(4,5)6)48(36-21-25-40(56-8)26-22-36)46-28-27-45(57-46)47(35-19-23-39(55-7)24-20-35)37-29-41(33-15-11-9-12-16-33)49(53)42(30-37)34-17-13-10-14-18-34/h9-32H,1-8H3. The van der Waals surface area contributed by atoms with Crippen LogP contribution in [0.1, 0.15) is 73.6 Å². The lowest BCUT2D eigenvalue weighted by atomic mass is 9.71. The van der Waals surface area contributed by atoms with E-state index in [1.807, 2.05) is 97.1 Å². The van der Waals surface area contributed by atoms with E-state index in [0.29, 0.717) is 11.1 Å². The molecule has 0 saturated heterocycles. The Labute approximate surface area is 340 Å². The number of benzene rings is 4. The van der Waals surface area contributed by atoms with Crippen molar-refractivity contribution in [1.82, 2.24) is 0 Å². The highest BCUT2D eigenvalue weighted by Crippen LogP contribution is 2.45. The molecule has 0 spiro atoms. The number of thiophene rings is 1. The first-order valence-corrected chi connectivity index (χ1v) is 20.0. The van der Waals surface area contributed by atoms with Gasteiger partial charge in [-0.3, -0.25) is 9.59 Å². The molecule has 2 aliphatic rings. The van der Waals surface area contributed by atoms with Crippen molar-refractivity contribution in [2.45, 2.75) is 41.5 Å². The highest BCUT2D eigenvalue weighted by Gasteiger charge is 2.35. The van der Waals surface area contributed by atoms with Crippen LogP contribution in [-0.4, -0.2) is 25.8 Å². The van der Waals surface area contributed by atoms with E-state index in [9.17, 15) is 9.59 Å². The molecule has 1 heterocycles. The highest BCUT2D eigenvalue weighted by atomic mass is 32.1. The molecule has 0 N–H and O–H groups in total. The van der Waals surface area contributed by atoms with E-state index in [-0.39, 0.29) is 22.4 Å². The topological polar surface area (TPSA) is 52.6 Å². The number of rotatable bonds is 8. The maximum atomic E-state index is 14.3. The molecule has 286 valence electrons. The molecule has 5 heteroatoms. The number of carbonyl (C=O) groups excluding carboxylic acids is 2. The van der Waals surface area contributed by atoms with Crippen LogP contribution in [-0.2, 0) is 9.59 Å². The summed E-state index contributed by atoms with van der Waals surface area (Å²) in [6.45, 7) is 12.6. The largest absolute Gasteiger partial charge is 0.497 e. The van der Waals surface area contributed by atoms with Gasteiger partial charge in [0.15, 0.2) is 11.6 Å². The number of hydrogen-bond donors (Lipinski definition) is 0. The van der Waals surface area contributed by atoms with Crippen LogP contribution in [0.5, 0.6) is 11.5 Å². The van der Waals surface area contributed by atoms with Crippen molar-refractivity contribution >= 4 is 45.2 Å². The SMILES string of the molecule is COc1ccc(C(=C2C=C(c3ccccc3)C(=O)C(c3ccccc3)=C2)c2ccc(C(=C3C=C(C(C)(C)C)C(=O)C(C(C)(C)C)=C3)c3ccc(OC)cc3)s2)cc1. The molecule has 4 nitrogen and oxygen atoms in total. The quantitative estimate of drug-likeness (QED) is 0.158. The predicted octanol–water partition coefficient (Wildman–Crippen LogP) is 12.6. The van der Waals surface area contributed by atoms with E-state index in [1.54, 1.807) is 25.6 Å². The van der Waals surface area contributed by atoms with Crippen molar-refractivity contribution in [3.8, 4) is 11.5 Å². The third kappa shape index (κ3) is 8.12. The zero-order valence-corrected chi connectivity index (χ0v) is 34.7. The fourth-order valence-electron chi connectivity index (χ4n) is 7.35. The zero-order chi connectivity index (χ0) is 40.5. The van der Waals surface area contributed by atoms with Gasteiger partial charge in [-0.15, -0.1) is 11.3 Å². The lowest BCUT2D eigenvalue weighted by Gasteiger charge is -2.32. The van der Waals surface area contributed by atoms with Gasteiger partial charge in [-0.1, -0.05) is 126 Å². The second kappa shape index (κ2) is 15.8. The number of methoxy groups -OCH3 is 2. The third-order valence-corrected chi connectivity index (χ3v) is 11.5. The van der Waals surface area contributed by atoms with Gasteiger partial charge in [0, 0.05) is 43.2 Å². The van der Waals surface area contributed by atoms with Crippen LogP contribution in [0, 0.1) is 10.8 Å². The summed E-state index contributed by atoms with van der Waals surface area (Å²) in [5.74, 6) is 1.61. The van der Waals surface area contributed by atoms with E-state index in [1.165, 1.54) is 0 Å². The molecule has 0 amide bonds. The van der Waals surface area contributed by atoms with Gasteiger partial charge in [0.2, 0.25) is 0 Å². The van der Waals surface area contributed by atoms with Crippen LogP contribution in [0.2, 0.25) is 0 Å². The molecule has 0 bridgehead atoms. The lowest BCUT2D eigenvalue weighted by molar-refractivity contribution is -0.114. The van der Waals surface area contributed by atoms with Crippen molar-refractivity contribution in [3.05, 3.63) is 200 Å². The first-order chi connectivity index (χ1) is 27.3. The van der Waals surface area contributed by atoms with Crippen LogP contribution in [0.25, 0.3) is 22.3 Å². The van der Waals surface area contributed by atoms with Crippen LogP contribution < -0.4 is 9.47 Å². The van der Waals surface area contributed by atoms with Crippen LogP contribution in [0.15, 0.2) is 168 Å². The van der Waals surface area contributed by atoms with E-state index in [0.717, 1.165) is 76.9 Å². The lowest BCUT2D eigenvalue weighted by Crippen LogP contribution is -2.28. The summed E-state index contributed by atoms with van der Waals surface area (Å²) >= 11 is 1.69. The monoisotopic (exact) mass is 768 g/mol. The van der Waals surface area contributed by atoms with Crippen molar-refractivity contribution in [1.29, 1.82) is 0 Å². The first kappa shape index (κ1) is 39.2. The Hall–Kier alpha value is -6.04. The summed E-state index contributed by atoms with van der Waals surface area (Å²) < 4.78 is 11.1. The Morgan fingerprint density at radius 1 is 0.456 bits per heavy atom. The summed E-state index contributed by atoms with van der Waals surface area (Å²) in [7, 11) is 3.34. The smallest absolute Gasteiger partial charge is 0.194 e. The zero-order valence-electron chi connectivity index (χ0n) is 33.9. The van der Waals surface area contributed by atoms with Gasteiger partial charge in [-0.2, -0.15) is 0 Å². The second-order valence-electron chi connectivity index (χ2n) is 16.4. The van der Waals surface area contributed by atoms with Gasteiger partial charge in [0.25, 0.3) is 0 Å². The van der Waals surface area contributed by atoms with Crippen molar-refractivity contribution < 1.29 is 19.1 Å². The number of hydrogen-bond acceptors (Lipinski definition) is 5. The number of ether oxygens (including phenoxy) is 2. The van der Waals surface area contributed by atoms with Gasteiger partial charge < -0.3 is 9.47 Å². The molecule has 0 saturated carbocycles. The Kier molecular flexibility index (Phi) is 10.9. The average Bonchev–Trinajstić information content (AvgIpc) is 3.68. The molecule has 5 aromatic rings. The minimum Gasteiger partial charge on any atom is -0.497 e. The molecular weight excluding hydrogens is 721 g/mol. The van der Waals surface area contributed by atoms with Gasteiger partial charge in [0.1, 0.15) is 11.5 Å². The molecule has 2 aliphatic carbocycles. The van der Waals surface area contributed by atoms with Crippen LogP contribution in [0.4, 0.5) is 0 Å². The second-order valence-corrected chi connectivity index (χ2v) is 17.5. The average molecular weight is 769 g/mol. The number of Topliss-reactive ketones (excluding diaryl/α,β-unsaturated/α-hetero) is 2. The van der Waals surface area contributed by atoms with E-state index >= 15 is 0 Å². The number of allylic oxidation sites excluding steroid dienone is 10. The molecule has 0 unspecified atom stereocenters. The molecule has 0 aliphatic heterocycles. The number of carbonyl (C=O) groups is 2. The Balaban J connectivity index is 1.53.